The van der Waals surface area contributed by atoms with Crippen molar-refractivity contribution in [3.05, 3.63) is 24.3 Å². The molecule has 1 aliphatic carbocycles. The maximum Gasteiger partial charge on any atom is 0.260 e. The Labute approximate surface area is 161 Å². The third-order valence-electron chi connectivity index (χ3n) is 4.58. The van der Waals surface area contributed by atoms with Gasteiger partial charge in [0, 0.05) is 26.3 Å². The van der Waals surface area contributed by atoms with E-state index in [1.807, 2.05) is 0 Å². The predicted molar refractivity (Wildman–Crippen MR) is 103 cm³/mol. The van der Waals surface area contributed by atoms with Crippen LogP contribution in [0.25, 0.3) is 0 Å². The molecule has 0 saturated heterocycles. The summed E-state index contributed by atoms with van der Waals surface area (Å²) in [7, 11) is -1.99. The zero-order chi connectivity index (χ0) is 19.7. The Hall–Kier alpha value is -1.64. The summed E-state index contributed by atoms with van der Waals surface area (Å²) < 4.78 is 37.5. The van der Waals surface area contributed by atoms with Gasteiger partial charge in [0.25, 0.3) is 5.91 Å². The van der Waals surface area contributed by atoms with Crippen molar-refractivity contribution in [1.82, 2.24) is 10.0 Å². The SMILES string of the molecule is COCCCNS(=O)(=O)c1ccc(O[C@H](C)C(=O)NC2CCCCC2)cc1. The topological polar surface area (TPSA) is 93.7 Å². The first kappa shape index (κ1) is 21.7. The van der Waals surface area contributed by atoms with E-state index < -0.39 is 16.1 Å². The average molecular weight is 399 g/mol. The molecule has 1 amide bonds. The van der Waals surface area contributed by atoms with Crippen molar-refractivity contribution in [1.29, 1.82) is 0 Å². The van der Waals surface area contributed by atoms with Gasteiger partial charge in [-0.2, -0.15) is 0 Å². The Bertz CT molecular complexity index is 685. The molecule has 1 atom stereocenters. The molecular formula is C19H30N2O5S. The first-order valence-corrected chi connectivity index (χ1v) is 11.0. The van der Waals surface area contributed by atoms with Crippen LogP contribution in [0.4, 0.5) is 0 Å². The van der Waals surface area contributed by atoms with E-state index in [1.165, 1.54) is 18.6 Å². The summed E-state index contributed by atoms with van der Waals surface area (Å²) in [5.41, 5.74) is 0. The lowest BCUT2D eigenvalue weighted by Gasteiger charge is -2.24. The summed E-state index contributed by atoms with van der Waals surface area (Å²) in [5.74, 6) is 0.318. The summed E-state index contributed by atoms with van der Waals surface area (Å²) in [6.45, 7) is 2.50. The van der Waals surface area contributed by atoms with Crippen LogP contribution < -0.4 is 14.8 Å². The van der Waals surface area contributed by atoms with Gasteiger partial charge in [0.2, 0.25) is 10.0 Å². The van der Waals surface area contributed by atoms with E-state index in [9.17, 15) is 13.2 Å². The van der Waals surface area contributed by atoms with E-state index in [0.717, 1.165) is 25.7 Å². The second kappa shape index (κ2) is 10.6. The number of hydrogen-bond donors (Lipinski definition) is 2. The molecule has 1 aliphatic rings. The van der Waals surface area contributed by atoms with Gasteiger partial charge in [0.05, 0.1) is 4.90 Å². The van der Waals surface area contributed by atoms with Crippen molar-refractivity contribution >= 4 is 15.9 Å². The number of amides is 1. The molecule has 1 saturated carbocycles. The Morgan fingerprint density at radius 2 is 1.85 bits per heavy atom. The van der Waals surface area contributed by atoms with E-state index in [2.05, 4.69) is 10.0 Å². The summed E-state index contributed by atoms with van der Waals surface area (Å²) in [6, 6.07) is 6.30. The highest BCUT2D eigenvalue weighted by Gasteiger charge is 2.21. The first-order chi connectivity index (χ1) is 12.9. The maximum absolute atomic E-state index is 12.3. The molecule has 1 fully saturated rings. The van der Waals surface area contributed by atoms with Crippen molar-refractivity contribution in [3.63, 3.8) is 0 Å². The molecule has 0 radical (unpaired) electrons. The molecule has 0 bridgehead atoms. The van der Waals surface area contributed by atoms with E-state index in [4.69, 9.17) is 9.47 Å². The molecule has 7 nitrogen and oxygen atoms in total. The first-order valence-electron chi connectivity index (χ1n) is 9.48. The van der Waals surface area contributed by atoms with Crippen LogP contribution in [0, 0.1) is 0 Å². The molecule has 152 valence electrons. The molecular weight excluding hydrogens is 368 g/mol. The van der Waals surface area contributed by atoms with Gasteiger partial charge in [-0.15, -0.1) is 0 Å². The number of carbonyl (C=O) groups excluding carboxylic acids is 1. The fourth-order valence-electron chi connectivity index (χ4n) is 3.03. The number of methoxy groups -OCH3 is 1. The van der Waals surface area contributed by atoms with Crippen LogP contribution in [0.1, 0.15) is 45.4 Å². The third-order valence-corrected chi connectivity index (χ3v) is 6.06. The van der Waals surface area contributed by atoms with Gasteiger partial charge in [0.1, 0.15) is 5.75 Å². The lowest BCUT2D eigenvalue weighted by atomic mass is 9.95. The lowest BCUT2D eigenvalue weighted by molar-refractivity contribution is -0.128. The normalized spacial score (nSPS) is 16.7. The summed E-state index contributed by atoms with van der Waals surface area (Å²) in [5, 5.41) is 3.03. The summed E-state index contributed by atoms with van der Waals surface area (Å²) in [6.07, 6.45) is 5.52. The quantitative estimate of drug-likeness (QED) is 0.590. The van der Waals surface area contributed by atoms with Crippen molar-refractivity contribution in [2.45, 2.75) is 62.5 Å². The monoisotopic (exact) mass is 398 g/mol. The van der Waals surface area contributed by atoms with Crippen molar-refractivity contribution in [2.24, 2.45) is 0 Å². The van der Waals surface area contributed by atoms with Crippen LogP contribution in [0.2, 0.25) is 0 Å². The Balaban J connectivity index is 1.85. The number of hydrogen-bond acceptors (Lipinski definition) is 5. The molecule has 2 rings (SSSR count). The van der Waals surface area contributed by atoms with Gasteiger partial charge in [-0.3, -0.25) is 4.79 Å². The predicted octanol–water partition coefficient (Wildman–Crippen LogP) is 2.22. The Kier molecular flexibility index (Phi) is 8.53. The van der Waals surface area contributed by atoms with E-state index in [-0.39, 0.29) is 16.8 Å². The van der Waals surface area contributed by atoms with E-state index in [1.54, 1.807) is 26.2 Å². The van der Waals surface area contributed by atoms with Crippen LogP contribution in [-0.4, -0.2) is 46.7 Å². The second-order valence-electron chi connectivity index (χ2n) is 6.82. The zero-order valence-corrected chi connectivity index (χ0v) is 16.9. The van der Waals surface area contributed by atoms with Gasteiger partial charge < -0.3 is 14.8 Å². The van der Waals surface area contributed by atoms with Crippen LogP contribution >= 0.6 is 0 Å². The summed E-state index contributed by atoms with van der Waals surface area (Å²) >= 11 is 0. The van der Waals surface area contributed by atoms with Crippen molar-refractivity contribution in [3.8, 4) is 5.75 Å². The van der Waals surface area contributed by atoms with Crippen LogP contribution in [0.15, 0.2) is 29.2 Å². The molecule has 8 heteroatoms. The zero-order valence-electron chi connectivity index (χ0n) is 16.1. The highest BCUT2D eigenvalue weighted by Crippen LogP contribution is 2.19. The molecule has 2 N–H and O–H groups in total. The maximum atomic E-state index is 12.3. The molecule has 1 aromatic rings. The van der Waals surface area contributed by atoms with E-state index >= 15 is 0 Å². The van der Waals surface area contributed by atoms with Gasteiger partial charge in [0.15, 0.2) is 6.10 Å². The fourth-order valence-corrected chi connectivity index (χ4v) is 4.10. The summed E-state index contributed by atoms with van der Waals surface area (Å²) in [4.78, 5) is 12.4. The minimum atomic E-state index is -3.56. The van der Waals surface area contributed by atoms with Crippen LogP contribution in [-0.2, 0) is 19.6 Å². The highest BCUT2D eigenvalue weighted by molar-refractivity contribution is 7.89. The molecule has 0 heterocycles. The van der Waals surface area contributed by atoms with E-state index in [0.29, 0.717) is 25.3 Å². The van der Waals surface area contributed by atoms with Gasteiger partial charge >= 0.3 is 0 Å². The number of nitrogens with one attached hydrogen (secondary N) is 2. The molecule has 0 spiro atoms. The second-order valence-corrected chi connectivity index (χ2v) is 8.59. The largest absolute Gasteiger partial charge is 0.481 e. The molecule has 0 unspecified atom stereocenters. The smallest absolute Gasteiger partial charge is 0.260 e. The van der Waals surface area contributed by atoms with Crippen molar-refractivity contribution in [2.75, 3.05) is 20.3 Å². The molecule has 27 heavy (non-hydrogen) atoms. The molecule has 1 aromatic carbocycles. The Morgan fingerprint density at radius 3 is 2.48 bits per heavy atom. The van der Waals surface area contributed by atoms with Crippen LogP contribution in [0.3, 0.4) is 0 Å². The number of carbonyl (C=O) groups is 1. The van der Waals surface area contributed by atoms with Gasteiger partial charge in [-0.25, -0.2) is 13.1 Å². The standard InChI is InChI=1S/C19H30N2O5S/c1-15(19(22)21-16-7-4-3-5-8-16)26-17-9-11-18(12-10-17)27(23,24)20-13-6-14-25-2/h9-12,15-16,20H,3-8,13-14H2,1-2H3,(H,21,22)/t15-/m1/s1. The van der Waals surface area contributed by atoms with Gasteiger partial charge in [-0.05, 0) is 50.5 Å². The number of sulfonamides is 1. The number of benzene rings is 1. The lowest BCUT2D eigenvalue weighted by Crippen LogP contribution is -2.43. The number of rotatable bonds is 10. The average Bonchev–Trinajstić information content (AvgIpc) is 2.66. The van der Waals surface area contributed by atoms with Crippen LogP contribution in [0.5, 0.6) is 5.75 Å². The molecule has 0 aliphatic heterocycles. The van der Waals surface area contributed by atoms with Crippen molar-refractivity contribution < 1.29 is 22.7 Å². The molecule has 0 aromatic heterocycles. The fraction of sp³-hybridized carbons (Fsp3) is 0.632. The third kappa shape index (κ3) is 7.12. The highest BCUT2D eigenvalue weighted by atomic mass is 32.2. The van der Waals surface area contributed by atoms with Gasteiger partial charge in [-0.1, -0.05) is 19.3 Å². The minimum absolute atomic E-state index is 0.140. The minimum Gasteiger partial charge on any atom is -0.481 e. The Morgan fingerprint density at radius 1 is 1.19 bits per heavy atom. The number of ether oxygens (including phenoxy) is 2.